The van der Waals surface area contributed by atoms with Crippen molar-refractivity contribution in [1.82, 2.24) is 0 Å². The van der Waals surface area contributed by atoms with Gasteiger partial charge in [-0.1, -0.05) is 95.3 Å². The molecule has 1 aliphatic rings. The Bertz CT molecular complexity index is 938. The van der Waals surface area contributed by atoms with Crippen molar-refractivity contribution in [1.29, 1.82) is 0 Å². The van der Waals surface area contributed by atoms with Crippen LogP contribution in [0.3, 0.4) is 0 Å². The predicted octanol–water partition coefficient (Wildman–Crippen LogP) is 6.96. The summed E-state index contributed by atoms with van der Waals surface area (Å²) in [7, 11) is 0. The van der Waals surface area contributed by atoms with Crippen LogP contribution in [-0.2, 0) is 10.8 Å². The van der Waals surface area contributed by atoms with E-state index in [1.54, 1.807) is 0 Å². The average Bonchev–Trinajstić information content (AvgIpc) is 2.82. The number of fused-ring (bicyclic) bond motifs is 3. The zero-order valence-corrected chi connectivity index (χ0v) is 15.9. The summed E-state index contributed by atoms with van der Waals surface area (Å²) in [6.07, 6.45) is 0. The lowest BCUT2D eigenvalue weighted by atomic mass is 9.78. The SMILES string of the molecule is CC(C)(C)c1ccc2c(c1)C(C)(C)c1cc(-c3ccccc3)ccc1-2. The third-order valence-electron chi connectivity index (χ3n) is 5.65. The van der Waals surface area contributed by atoms with E-state index in [9.17, 15) is 0 Å². The summed E-state index contributed by atoms with van der Waals surface area (Å²) >= 11 is 0. The van der Waals surface area contributed by atoms with Gasteiger partial charge in [-0.15, -0.1) is 0 Å². The van der Waals surface area contributed by atoms with Crippen molar-refractivity contribution in [2.45, 2.75) is 45.4 Å². The summed E-state index contributed by atoms with van der Waals surface area (Å²) in [6.45, 7) is 11.6. The second-order valence-electron chi connectivity index (χ2n) is 8.76. The minimum absolute atomic E-state index is 0.0384. The van der Waals surface area contributed by atoms with Crippen LogP contribution in [-0.4, -0.2) is 0 Å². The summed E-state index contributed by atoms with van der Waals surface area (Å²) in [6, 6.07) is 24.7. The van der Waals surface area contributed by atoms with E-state index in [0.29, 0.717) is 0 Å². The maximum absolute atomic E-state index is 2.43. The van der Waals surface area contributed by atoms with Gasteiger partial charge in [0.2, 0.25) is 0 Å². The van der Waals surface area contributed by atoms with Gasteiger partial charge in [-0.2, -0.15) is 0 Å². The Hall–Kier alpha value is -2.34. The molecule has 3 aromatic rings. The molecule has 0 spiro atoms. The Balaban J connectivity index is 1.88. The molecule has 0 unspecified atom stereocenters. The van der Waals surface area contributed by atoms with Crippen LogP contribution >= 0.6 is 0 Å². The topological polar surface area (TPSA) is 0 Å². The molecule has 0 amide bonds. The molecule has 0 bridgehead atoms. The average molecular weight is 326 g/mol. The van der Waals surface area contributed by atoms with E-state index in [4.69, 9.17) is 0 Å². The first-order valence-corrected chi connectivity index (χ1v) is 9.14. The van der Waals surface area contributed by atoms with Crippen molar-refractivity contribution in [2.24, 2.45) is 0 Å². The Kier molecular flexibility index (Phi) is 3.44. The molecule has 0 aliphatic heterocycles. The van der Waals surface area contributed by atoms with Gasteiger partial charge in [0.1, 0.15) is 0 Å². The molecular weight excluding hydrogens is 300 g/mol. The maximum atomic E-state index is 2.43. The standard InChI is InChI=1S/C25H26/c1-24(2,3)19-12-14-21-20-13-11-18(17-9-7-6-8-10-17)15-22(20)25(4,5)23(21)16-19/h6-16H,1-5H3. The van der Waals surface area contributed by atoms with Gasteiger partial charge >= 0.3 is 0 Å². The normalized spacial score (nSPS) is 14.9. The molecule has 0 nitrogen and oxygen atoms in total. The van der Waals surface area contributed by atoms with Gasteiger partial charge < -0.3 is 0 Å². The van der Waals surface area contributed by atoms with E-state index in [1.807, 2.05) is 0 Å². The van der Waals surface area contributed by atoms with Crippen molar-refractivity contribution < 1.29 is 0 Å². The zero-order chi connectivity index (χ0) is 17.8. The summed E-state index contributed by atoms with van der Waals surface area (Å²) in [5.74, 6) is 0. The first kappa shape index (κ1) is 16.1. The summed E-state index contributed by atoms with van der Waals surface area (Å²) in [4.78, 5) is 0. The Morgan fingerprint density at radius 2 is 1.24 bits per heavy atom. The Labute approximate surface area is 151 Å². The first-order chi connectivity index (χ1) is 11.8. The molecule has 3 aromatic carbocycles. The zero-order valence-electron chi connectivity index (χ0n) is 15.9. The van der Waals surface area contributed by atoms with Gasteiger partial charge in [-0.05, 0) is 50.4 Å². The highest BCUT2D eigenvalue weighted by molar-refractivity contribution is 5.83. The van der Waals surface area contributed by atoms with E-state index in [-0.39, 0.29) is 10.8 Å². The minimum Gasteiger partial charge on any atom is -0.0622 e. The fourth-order valence-corrected chi connectivity index (χ4v) is 4.01. The van der Waals surface area contributed by atoms with E-state index in [1.165, 1.54) is 38.9 Å². The molecule has 1 aliphatic carbocycles. The van der Waals surface area contributed by atoms with E-state index in [2.05, 4.69) is 101 Å². The number of hydrogen-bond donors (Lipinski definition) is 0. The highest BCUT2D eigenvalue weighted by atomic mass is 14.4. The smallest absolute Gasteiger partial charge is 0.0159 e. The highest BCUT2D eigenvalue weighted by Gasteiger charge is 2.36. The molecule has 0 saturated heterocycles. The molecule has 0 fully saturated rings. The lowest BCUT2D eigenvalue weighted by molar-refractivity contribution is 0.584. The van der Waals surface area contributed by atoms with Crippen LogP contribution < -0.4 is 0 Å². The minimum atomic E-state index is 0.0384. The molecule has 0 heteroatoms. The molecule has 0 heterocycles. The largest absolute Gasteiger partial charge is 0.0622 e. The van der Waals surface area contributed by atoms with Crippen LogP contribution in [0.25, 0.3) is 22.3 Å². The molecule has 0 radical (unpaired) electrons. The third-order valence-corrected chi connectivity index (χ3v) is 5.65. The molecule has 4 rings (SSSR count). The number of hydrogen-bond acceptors (Lipinski definition) is 0. The Morgan fingerprint density at radius 1 is 0.640 bits per heavy atom. The van der Waals surface area contributed by atoms with Gasteiger partial charge in [-0.3, -0.25) is 0 Å². The summed E-state index contributed by atoms with van der Waals surface area (Å²) in [5.41, 5.74) is 9.90. The van der Waals surface area contributed by atoms with Crippen LogP contribution in [0.4, 0.5) is 0 Å². The van der Waals surface area contributed by atoms with Crippen molar-refractivity contribution in [3.63, 3.8) is 0 Å². The van der Waals surface area contributed by atoms with Crippen molar-refractivity contribution >= 4 is 0 Å². The summed E-state index contributed by atoms with van der Waals surface area (Å²) < 4.78 is 0. The maximum Gasteiger partial charge on any atom is 0.0159 e. The predicted molar refractivity (Wildman–Crippen MR) is 108 cm³/mol. The van der Waals surface area contributed by atoms with Gasteiger partial charge in [0.25, 0.3) is 0 Å². The second kappa shape index (κ2) is 5.33. The van der Waals surface area contributed by atoms with Crippen LogP contribution in [0.2, 0.25) is 0 Å². The van der Waals surface area contributed by atoms with E-state index >= 15 is 0 Å². The van der Waals surface area contributed by atoms with Crippen LogP contribution in [0.15, 0.2) is 66.7 Å². The molecule has 0 N–H and O–H groups in total. The summed E-state index contributed by atoms with van der Waals surface area (Å²) in [5, 5.41) is 0. The van der Waals surface area contributed by atoms with Crippen molar-refractivity contribution in [3.05, 3.63) is 83.4 Å². The van der Waals surface area contributed by atoms with Gasteiger partial charge in [0.15, 0.2) is 0 Å². The van der Waals surface area contributed by atoms with E-state index < -0.39 is 0 Å². The highest BCUT2D eigenvalue weighted by Crippen LogP contribution is 2.50. The third kappa shape index (κ3) is 2.52. The molecule has 0 atom stereocenters. The van der Waals surface area contributed by atoms with Gasteiger partial charge in [0.05, 0.1) is 0 Å². The monoisotopic (exact) mass is 326 g/mol. The van der Waals surface area contributed by atoms with Crippen LogP contribution in [0.1, 0.15) is 51.3 Å². The van der Waals surface area contributed by atoms with Crippen LogP contribution in [0, 0.1) is 0 Å². The fraction of sp³-hybridized carbons (Fsp3) is 0.280. The number of rotatable bonds is 1. The molecule has 126 valence electrons. The van der Waals surface area contributed by atoms with Crippen LogP contribution in [0.5, 0.6) is 0 Å². The van der Waals surface area contributed by atoms with Gasteiger partial charge in [0, 0.05) is 5.41 Å². The first-order valence-electron chi connectivity index (χ1n) is 9.14. The van der Waals surface area contributed by atoms with Crippen molar-refractivity contribution in [2.75, 3.05) is 0 Å². The molecule has 25 heavy (non-hydrogen) atoms. The quantitative estimate of drug-likeness (QED) is 0.453. The molecular formula is C25H26. The Morgan fingerprint density at radius 3 is 1.88 bits per heavy atom. The van der Waals surface area contributed by atoms with Crippen molar-refractivity contribution in [3.8, 4) is 22.3 Å². The molecule has 0 aromatic heterocycles. The fourth-order valence-electron chi connectivity index (χ4n) is 4.01. The molecule has 0 saturated carbocycles. The van der Waals surface area contributed by atoms with Gasteiger partial charge in [-0.25, -0.2) is 0 Å². The second-order valence-corrected chi connectivity index (χ2v) is 8.76. The van der Waals surface area contributed by atoms with E-state index in [0.717, 1.165) is 0 Å². The number of benzene rings is 3. The lowest BCUT2D eigenvalue weighted by Crippen LogP contribution is -2.17. The lowest BCUT2D eigenvalue weighted by Gasteiger charge is -2.25.